The smallest absolute Gasteiger partial charge is 0.202 e. The fourth-order valence-electron chi connectivity index (χ4n) is 3.07. The summed E-state index contributed by atoms with van der Waals surface area (Å²) in [7, 11) is -3.58. The van der Waals surface area contributed by atoms with Crippen LogP contribution in [-0.4, -0.2) is 19.6 Å². The Kier molecular flexibility index (Phi) is 5.22. The average molecular weight is 308 g/mol. The predicted octanol–water partition coefficient (Wildman–Crippen LogP) is 3.55. The van der Waals surface area contributed by atoms with Gasteiger partial charge in [0.2, 0.25) is 9.84 Å². The molecule has 0 unspecified atom stereocenters. The number of aliphatic hydroxyl groups excluding tert-OH is 1. The highest BCUT2D eigenvalue weighted by Crippen LogP contribution is 2.34. The van der Waals surface area contributed by atoms with Gasteiger partial charge in [-0.05, 0) is 30.9 Å². The standard InChI is InChI=1S/C17H24O3S/c1-13(17(18)15-9-5-3-6-10-15)14(2)21(19,20)16-11-7-4-8-12-16/h4,7-8,11-13,15,17-18H,2-3,5-6,9-10H2,1H3/t13-,17+/m0/s1. The zero-order chi connectivity index (χ0) is 15.5. The van der Waals surface area contributed by atoms with Crippen LogP contribution in [0.25, 0.3) is 0 Å². The quantitative estimate of drug-likeness (QED) is 0.905. The van der Waals surface area contributed by atoms with Crippen molar-refractivity contribution in [2.75, 3.05) is 0 Å². The van der Waals surface area contributed by atoms with Crippen LogP contribution < -0.4 is 0 Å². The number of sulfone groups is 1. The van der Waals surface area contributed by atoms with Crippen LogP contribution in [0.4, 0.5) is 0 Å². The molecule has 2 rings (SSSR count). The zero-order valence-corrected chi connectivity index (χ0v) is 13.3. The summed E-state index contributed by atoms with van der Waals surface area (Å²) >= 11 is 0. The maximum Gasteiger partial charge on any atom is 0.202 e. The number of rotatable bonds is 5. The Morgan fingerprint density at radius 2 is 1.76 bits per heavy atom. The molecule has 116 valence electrons. The summed E-state index contributed by atoms with van der Waals surface area (Å²) in [6.07, 6.45) is 4.77. The third-order valence-electron chi connectivity index (χ3n) is 4.55. The van der Waals surface area contributed by atoms with Crippen molar-refractivity contribution in [3.8, 4) is 0 Å². The highest BCUT2D eigenvalue weighted by molar-refractivity contribution is 7.95. The summed E-state index contributed by atoms with van der Waals surface area (Å²) in [4.78, 5) is 0.365. The summed E-state index contributed by atoms with van der Waals surface area (Å²) in [5.74, 6) is -0.255. The van der Waals surface area contributed by atoms with Crippen LogP contribution in [0, 0.1) is 11.8 Å². The second kappa shape index (κ2) is 6.75. The third-order valence-corrected chi connectivity index (χ3v) is 6.51. The van der Waals surface area contributed by atoms with E-state index in [1.165, 1.54) is 6.42 Å². The topological polar surface area (TPSA) is 54.4 Å². The van der Waals surface area contributed by atoms with Gasteiger partial charge in [-0.2, -0.15) is 0 Å². The molecule has 0 aromatic heterocycles. The van der Waals surface area contributed by atoms with E-state index in [0.29, 0.717) is 0 Å². The molecular weight excluding hydrogens is 284 g/mol. The Balaban J connectivity index is 2.15. The van der Waals surface area contributed by atoms with Crippen LogP contribution in [0.2, 0.25) is 0 Å². The largest absolute Gasteiger partial charge is 0.392 e. The molecule has 1 aliphatic carbocycles. The molecule has 1 aliphatic rings. The zero-order valence-electron chi connectivity index (χ0n) is 12.5. The molecule has 0 amide bonds. The maximum absolute atomic E-state index is 12.6. The van der Waals surface area contributed by atoms with Crippen molar-refractivity contribution in [2.45, 2.75) is 50.0 Å². The van der Waals surface area contributed by atoms with E-state index in [0.717, 1.165) is 25.7 Å². The summed E-state index contributed by atoms with van der Waals surface area (Å²) in [6.45, 7) is 5.54. The van der Waals surface area contributed by atoms with Gasteiger partial charge in [-0.25, -0.2) is 8.42 Å². The SMILES string of the molecule is C=C([C@H](C)[C@@H](O)C1CCCCC1)S(=O)(=O)c1ccccc1. The first-order valence-electron chi connectivity index (χ1n) is 7.61. The van der Waals surface area contributed by atoms with E-state index in [1.807, 2.05) is 0 Å². The number of benzene rings is 1. The first kappa shape index (κ1) is 16.2. The van der Waals surface area contributed by atoms with Gasteiger partial charge < -0.3 is 5.11 Å². The number of hydrogen-bond acceptors (Lipinski definition) is 3. The van der Waals surface area contributed by atoms with E-state index >= 15 is 0 Å². The molecule has 4 heteroatoms. The predicted molar refractivity (Wildman–Crippen MR) is 84.5 cm³/mol. The van der Waals surface area contributed by atoms with Gasteiger partial charge in [0, 0.05) is 10.8 Å². The first-order valence-corrected chi connectivity index (χ1v) is 9.10. The molecule has 0 radical (unpaired) electrons. The lowest BCUT2D eigenvalue weighted by Crippen LogP contribution is -2.31. The minimum Gasteiger partial charge on any atom is -0.392 e. The monoisotopic (exact) mass is 308 g/mol. The Bertz CT molecular complexity index is 571. The molecule has 1 saturated carbocycles. The fraction of sp³-hybridized carbons (Fsp3) is 0.529. The van der Waals surface area contributed by atoms with Crippen LogP contribution in [0.15, 0.2) is 46.7 Å². The van der Waals surface area contributed by atoms with E-state index in [9.17, 15) is 13.5 Å². The van der Waals surface area contributed by atoms with Crippen molar-refractivity contribution in [3.63, 3.8) is 0 Å². The Labute approximate surface area is 127 Å². The molecule has 1 N–H and O–H groups in total. The van der Waals surface area contributed by atoms with Crippen molar-refractivity contribution in [1.82, 2.24) is 0 Å². The number of hydrogen-bond donors (Lipinski definition) is 1. The van der Waals surface area contributed by atoms with Gasteiger partial charge in [0.1, 0.15) is 0 Å². The van der Waals surface area contributed by atoms with Crippen molar-refractivity contribution in [3.05, 3.63) is 41.8 Å². The fourth-order valence-corrected chi connectivity index (χ4v) is 4.52. The van der Waals surface area contributed by atoms with E-state index in [2.05, 4.69) is 6.58 Å². The molecule has 1 aromatic rings. The van der Waals surface area contributed by atoms with E-state index in [1.54, 1.807) is 37.3 Å². The van der Waals surface area contributed by atoms with E-state index < -0.39 is 21.9 Å². The summed E-state index contributed by atoms with van der Waals surface area (Å²) in [5, 5.41) is 10.5. The van der Waals surface area contributed by atoms with Gasteiger partial charge in [0.25, 0.3) is 0 Å². The summed E-state index contributed by atoms with van der Waals surface area (Å²) < 4.78 is 25.1. The van der Waals surface area contributed by atoms with Gasteiger partial charge in [-0.1, -0.05) is 51.0 Å². The average Bonchev–Trinajstić information content (AvgIpc) is 2.54. The van der Waals surface area contributed by atoms with Crippen molar-refractivity contribution in [2.24, 2.45) is 11.8 Å². The van der Waals surface area contributed by atoms with Crippen LogP contribution >= 0.6 is 0 Å². The molecular formula is C17H24O3S. The Morgan fingerprint density at radius 1 is 1.19 bits per heavy atom. The van der Waals surface area contributed by atoms with Crippen LogP contribution in [0.3, 0.4) is 0 Å². The summed E-state index contributed by atoms with van der Waals surface area (Å²) in [6, 6.07) is 8.31. The van der Waals surface area contributed by atoms with Gasteiger partial charge in [0.15, 0.2) is 0 Å². The molecule has 21 heavy (non-hydrogen) atoms. The minimum atomic E-state index is -3.58. The van der Waals surface area contributed by atoms with Gasteiger partial charge in [0.05, 0.1) is 11.0 Å². The molecule has 1 fully saturated rings. The summed E-state index contributed by atoms with van der Waals surface area (Å²) in [5.41, 5.74) is 0. The molecule has 1 aromatic carbocycles. The van der Waals surface area contributed by atoms with Gasteiger partial charge in [-0.15, -0.1) is 0 Å². The van der Waals surface area contributed by atoms with Crippen LogP contribution in [-0.2, 0) is 9.84 Å². The molecule has 0 bridgehead atoms. The van der Waals surface area contributed by atoms with Crippen molar-refractivity contribution < 1.29 is 13.5 Å². The van der Waals surface area contributed by atoms with Crippen LogP contribution in [0.1, 0.15) is 39.0 Å². The lowest BCUT2D eigenvalue weighted by Gasteiger charge is -2.31. The molecule has 0 spiro atoms. The molecule has 0 heterocycles. The second-order valence-corrected chi connectivity index (χ2v) is 7.96. The minimum absolute atomic E-state index is 0.117. The number of aliphatic hydroxyl groups is 1. The third kappa shape index (κ3) is 3.55. The Hall–Kier alpha value is -1.13. The molecule has 2 atom stereocenters. The van der Waals surface area contributed by atoms with E-state index in [-0.39, 0.29) is 15.7 Å². The first-order chi connectivity index (χ1) is 9.94. The molecule has 0 saturated heterocycles. The highest BCUT2D eigenvalue weighted by Gasteiger charge is 2.32. The lowest BCUT2D eigenvalue weighted by molar-refractivity contribution is 0.0543. The van der Waals surface area contributed by atoms with Crippen molar-refractivity contribution in [1.29, 1.82) is 0 Å². The Morgan fingerprint density at radius 3 is 2.33 bits per heavy atom. The highest BCUT2D eigenvalue weighted by atomic mass is 32.2. The lowest BCUT2D eigenvalue weighted by atomic mass is 9.81. The molecule has 3 nitrogen and oxygen atoms in total. The normalized spacial score (nSPS) is 19.9. The van der Waals surface area contributed by atoms with Gasteiger partial charge in [-0.3, -0.25) is 0 Å². The van der Waals surface area contributed by atoms with Crippen LogP contribution in [0.5, 0.6) is 0 Å². The maximum atomic E-state index is 12.6. The van der Waals surface area contributed by atoms with E-state index in [4.69, 9.17) is 0 Å². The second-order valence-electron chi connectivity index (χ2n) is 5.96. The van der Waals surface area contributed by atoms with Gasteiger partial charge >= 0.3 is 0 Å². The van der Waals surface area contributed by atoms with Crippen molar-refractivity contribution >= 4 is 9.84 Å². The molecule has 0 aliphatic heterocycles.